The highest BCUT2D eigenvalue weighted by molar-refractivity contribution is 5.24. The molecule has 2 aromatic heterocycles. The van der Waals surface area contributed by atoms with Gasteiger partial charge in [0.15, 0.2) is 0 Å². The van der Waals surface area contributed by atoms with Crippen molar-refractivity contribution in [3.63, 3.8) is 0 Å². The lowest BCUT2D eigenvalue weighted by Gasteiger charge is -2.19. The Labute approximate surface area is 114 Å². The van der Waals surface area contributed by atoms with Gasteiger partial charge in [-0.2, -0.15) is 5.10 Å². The Morgan fingerprint density at radius 1 is 1.37 bits per heavy atom. The van der Waals surface area contributed by atoms with Gasteiger partial charge in [-0.15, -0.1) is 0 Å². The maximum Gasteiger partial charge on any atom is 0.0643 e. The molecule has 0 aliphatic rings. The molecule has 0 aliphatic heterocycles. The Morgan fingerprint density at radius 3 is 2.84 bits per heavy atom. The molecule has 1 N–H and O–H groups in total. The van der Waals surface area contributed by atoms with Crippen molar-refractivity contribution in [3.05, 3.63) is 47.5 Å². The Balaban J connectivity index is 2.18. The molecule has 0 amide bonds. The molecule has 0 saturated heterocycles. The topological polar surface area (TPSA) is 42.7 Å². The maximum atomic E-state index is 4.47. The van der Waals surface area contributed by atoms with E-state index < -0.39 is 0 Å². The fourth-order valence-electron chi connectivity index (χ4n) is 2.26. The van der Waals surface area contributed by atoms with Crippen LogP contribution in [0.1, 0.15) is 36.3 Å². The van der Waals surface area contributed by atoms with Gasteiger partial charge in [0.2, 0.25) is 0 Å². The summed E-state index contributed by atoms with van der Waals surface area (Å²) < 4.78 is 1.85. The second kappa shape index (κ2) is 6.48. The Bertz CT molecular complexity index is 518. The standard InChI is InChI=1S/C15H22N4/c1-4-8-17-15(11-13-7-10-19(3)18-13)14-6-5-9-16-12(14)2/h5-7,9-10,15,17H,4,8,11H2,1-3H3. The SMILES string of the molecule is CCCNC(Cc1ccn(C)n1)c1cccnc1C. The summed E-state index contributed by atoms with van der Waals surface area (Å²) in [7, 11) is 1.95. The van der Waals surface area contributed by atoms with Gasteiger partial charge < -0.3 is 5.32 Å². The van der Waals surface area contributed by atoms with Crippen molar-refractivity contribution in [2.24, 2.45) is 7.05 Å². The summed E-state index contributed by atoms with van der Waals surface area (Å²) in [6.07, 6.45) is 5.85. The number of aryl methyl sites for hydroxylation is 2. The fraction of sp³-hybridized carbons (Fsp3) is 0.467. The predicted octanol–water partition coefficient (Wildman–Crippen LogP) is 2.41. The molecule has 2 aromatic rings. The molecular formula is C15H22N4. The minimum atomic E-state index is 0.281. The summed E-state index contributed by atoms with van der Waals surface area (Å²) in [5, 5.41) is 8.07. The van der Waals surface area contributed by atoms with E-state index in [1.54, 1.807) is 0 Å². The van der Waals surface area contributed by atoms with Crippen LogP contribution in [0, 0.1) is 6.92 Å². The molecule has 1 unspecified atom stereocenters. The lowest BCUT2D eigenvalue weighted by molar-refractivity contribution is 0.517. The maximum absolute atomic E-state index is 4.47. The highest BCUT2D eigenvalue weighted by Crippen LogP contribution is 2.19. The second-order valence-corrected chi connectivity index (χ2v) is 4.87. The summed E-state index contributed by atoms with van der Waals surface area (Å²) in [6.45, 7) is 5.25. The van der Waals surface area contributed by atoms with Crippen LogP contribution in [0.4, 0.5) is 0 Å². The lowest BCUT2D eigenvalue weighted by atomic mass is 10.0. The number of aromatic nitrogens is 3. The van der Waals surface area contributed by atoms with Gasteiger partial charge in [0.25, 0.3) is 0 Å². The highest BCUT2D eigenvalue weighted by Gasteiger charge is 2.15. The monoisotopic (exact) mass is 258 g/mol. The first-order chi connectivity index (χ1) is 9.20. The highest BCUT2D eigenvalue weighted by atomic mass is 15.2. The van der Waals surface area contributed by atoms with Gasteiger partial charge in [-0.05, 0) is 37.6 Å². The van der Waals surface area contributed by atoms with Crippen LogP contribution in [0.25, 0.3) is 0 Å². The van der Waals surface area contributed by atoms with Crippen LogP contribution in [-0.4, -0.2) is 21.3 Å². The summed E-state index contributed by atoms with van der Waals surface area (Å²) in [5.74, 6) is 0. The van der Waals surface area contributed by atoms with Crippen LogP contribution in [0.15, 0.2) is 30.6 Å². The van der Waals surface area contributed by atoms with Crippen molar-refractivity contribution in [2.45, 2.75) is 32.7 Å². The van der Waals surface area contributed by atoms with E-state index >= 15 is 0 Å². The molecule has 4 heteroatoms. The number of pyridine rings is 1. The summed E-state index contributed by atoms with van der Waals surface area (Å²) in [5.41, 5.74) is 3.47. The van der Waals surface area contributed by atoms with E-state index in [0.717, 1.165) is 30.8 Å². The Morgan fingerprint density at radius 2 is 2.21 bits per heavy atom. The van der Waals surface area contributed by atoms with E-state index in [1.165, 1.54) is 5.56 Å². The first-order valence-corrected chi connectivity index (χ1v) is 6.84. The molecule has 0 aromatic carbocycles. The van der Waals surface area contributed by atoms with E-state index in [0.29, 0.717) is 0 Å². The second-order valence-electron chi connectivity index (χ2n) is 4.87. The number of nitrogens with one attached hydrogen (secondary N) is 1. The third kappa shape index (κ3) is 3.64. The Kier molecular flexibility index (Phi) is 4.68. The summed E-state index contributed by atoms with van der Waals surface area (Å²) >= 11 is 0. The molecule has 0 fully saturated rings. The average Bonchev–Trinajstić information content (AvgIpc) is 2.81. The zero-order valence-electron chi connectivity index (χ0n) is 11.9. The van der Waals surface area contributed by atoms with Crippen LogP contribution in [0.2, 0.25) is 0 Å². The summed E-state index contributed by atoms with van der Waals surface area (Å²) in [6, 6.07) is 6.51. The molecule has 0 saturated carbocycles. The number of hydrogen-bond acceptors (Lipinski definition) is 3. The molecule has 2 heterocycles. The van der Waals surface area contributed by atoms with Crippen molar-refractivity contribution < 1.29 is 0 Å². The average molecular weight is 258 g/mol. The molecule has 102 valence electrons. The van der Waals surface area contributed by atoms with E-state index in [9.17, 15) is 0 Å². The van der Waals surface area contributed by atoms with Gasteiger partial charge in [-0.1, -0.05) is 13.0 Å². The fourth-order valence-corrected chi connectivity index (χ4v) is 2.26. The van der Waals surface area contributed by atoms with Crippen molar-refractivity contribution in [1.29, 1.82) is 0 Å². The molecule has 19 heavy (non-hydrogen) atoms. The smallest absolute Gasteiger partial charge is 0.0643 e. The van der Waals surface area contributed by atoms with E-state index in [-0.39, 0.29) is 6.04 Å². The van der Waals surface area contributed by atoms with E-state index in [4.69, 9.17) is 0 Å². The molecule has 2 rings (SSSR count). The van der Waals surface area contributed by atoms with E-state index in [2.05, 4.69) is 41.4 Å². The molecule has 0 radical (unpaired) electrons. The predicted molar refractivity (Wildman–Crippen MR) is 76.9 cm³/mol. The van der Waals surface area contributed by atoms with Gasteiger partial charge in [0, 0.05) is 37.6 Å². The van der Waals surface area contributed by atoms with Crippen LogP contribution in [0.3, 0.4) is 0 Å². The van der Waals surface area contributed by atoms with Gasteiger partial charge in [-0.3, -0.25) is 9.67 Å². The number of nitrogens with zero attached hydrogens (tertiary/aromatic N) is 3. The molecule has 0 aliphatic carbocycles. The van der Waals surface area contributed by atoms with Crippen molar-refractivity contribution in [3.8, 4) is 0 Å². The minimum Gasteiger partial charge on any atom is -0.310 e. The number of rotatable bonds is 6. The van der Waals surface area contributed by atoms with Gasteiger partial charge in [-0.25, -0.2) is 0 Å². The normalized spacial score (nSPS) is 12.6. The van der Waals surface area contributed by atoms with Gasteiger partial charge in [0.05, 0.1) is 5.69 Å². The van der Waals surface area contributed by atoms with Crippen molar-refractivity contribution in [1.82, 2.24) is 20.1 Å². The van der Waals surface area contributed by atoms with Crippen LogP contribution < -0.4 is 5.32 Å². The minimum absolute atomic E-state index is 0.281. The van der Waals surface area contributed by atoms with E-state index in [1.807, 2.05) is 30.2 Å². The zero-order chi connectivity index (χ0) is 13.7. The number of hydrogen-bond donors (Lipinski definition) is 1. The summed E-state index contributed by atoms with van der Waals surface area (Å²) in [4.78, 5) is 4.39. The molecule has 0 bridgehead atoms. The quantitative estimate of drug-likeness (QED) is 0.865. The van der Waals surface area contributed by atoms with Crippen molar-refractivity contribution in [2.75, 3.05) is 6.54 Å². The molecule has 1 atom stereocenters. The largest absolute Gasteiger partial charge is 0.310 e. The van der Waals surface area contributed by atoms with Gasteiger partial charge in [0.1, 0.15) is 0 Å². The zero-order valence-corrected chi connectivity index (χ0v) is 11.9. The van der Waals surface area contributed by atoms with Crippen LogP contribution in [0.5, 0.6) is 0 Å². The molecule has 4 nitrogen and oxygen atoms in total. The molecule has 0 spiro atoms. The Hall–Kier alpha value is -1.68. The van der Waals surface area contributed by atoms with Gasteiger partial charge >= 0.3 is 0 Å². The lowest BCUT2D eigenvalue weighted by Crippen LogP contribution is -2.25. The van der Waals surface area contributed by atoms with Crippen LogP contribution in [-0.2, 0) is 13.5 Å². The third-order valence-corrected chi connectivity index (χ3v) is 3.25. The first-order valence-electron chi connectivity index (χ1n) is 6.84. The third-order valence-electron chi connectivity index (χ3n) is 3.25. The van der Waals surface area contributed by atoms with Crippen LogP contribution >= 0.6 is 0 Å². The molecular weight excluding hydrogens is 236 g/mol. The van der Waals surface area contributed by atoms with Crippen molar-refractivity contribution >= 4 is 0 Å². The first kappa shape index (κ1) is 13.7.